The van der Waals surface area contributed by atoms with Crippen LogP contribution in [-0.4, -0.2) is 30.2 Å². The number of pyridine rings is 1. The van der Waals surface area contributed by atoms with Crippen LogP contribution in [-0.2, 0) is 27.0 Å². The van der Waals surface area contributed by atoms with Gasteiger partial charge in [0.25, 0.3) is 11.5 Å². The Morgan fingerprint density at radius 1 is 1.21 bits per heavy atom. The van der Waals surface area contributed by atoms with Crippen LogP contribution in [0.2, 0.25) is 5.02 Å². The highest BCUT2D eigenvalue weighted by Crippen LogP contribution is 2.28. The first-order valence-electron chi connectivity index (χ1n) is 7.67. The first-order chi connectivity index (χ1) is 13.1. The Labute approximate surface area is 161 Å². The number of esters is 1. The number of nitrogens with one attached hydrogen (secondary N) is 1. The summed E-state index contributed by atoms with van der Waals surface area (Å²) in [4.78, 5) is 35.3. The Morgan fingerprint density at radius 3 is 2.57 bits per heavy atom. The molecule has 28 heavy (non-hydrogen) atoms. The number of aromatic nitrogens is 1. The Hall–Kier alpha value is -3.01. The van der Waals surface area contributed by atoms with Crippen molar-refractivity contribution in [2.75, 3.05) is 19.0 Å². The van der Waals surface area contributed by atoms with Crippen LogP contribution in [0.3, 0.4) is 0 Å². The number of hydrogen-bond acceptors (Lipinski definition) is 5. The molecular weight excluding hydrogens is 405 g/mol. The number of carbonyl (C=O) groups is 2. The van der Waals surface area contributed by atoms with E-state index in [4.69, 9.17) is 21.1 Å². The maximum Gasteiger partial charge on any atom is 0.417 e. The van der Waals surface area contributed by atoms with E-state index in [1.165, 1.54) is 19.2 Å². The summed E-state index contributed by atoms with van der Waals surface area (Å²) in [5.74, 6) is -1.47. The molecule has 2 aromatic rings. The van der Waals surface area contributed by atoms with Gasteiger partial charge in [0.05, 0.1) is 18.4 Å². The van der Waals surface area contributed by atoms with Crippen LogP contribution < -0.4 is 15.6 Å². The van der Waals surface area contributed by atoms with Gasteiger partial charge in [0.2, 0.25) is 0 Å². The minimum absolute atomic E-state index is 0.241. The zero-order valence-electron chi connectivity index (χ0n) is 14.4. The summed E-state index contributed by atoms with van der Waals surface area (Å²) >= 11 is 5.83. The quantitative estimate of drug-likeness (QED) is 0.729. The van der Waals surface area contributed by atoms with Gasteiger partial charge in [0.1, 0.15) is 12.3 Å². The zero-order chi connectivity index (χ0) is 20.9. The average Bonchev–Trinajstić information content (AvgIpc) is 2.61. The molecule has 0 fully saturated rings. The van der Waals surface area contributed by atoms with Gasteiger partial charge < -0.3 is 19.4 Å². The fourth-order valence-electron chi connectivity index (χ4n) is 2.12. The first-order valence-corrected chi connectivity index (χ1v) is 8.04. The van der Waals surface area contributed by atoms with Crippen LogP contribution in [0.25, 0.3) is 0 Å². The van der Waals surface area contributed by atoms with Crippen molar-refractivity contribution in [1.29, 1.82) is 0 Å². The molecule has 1 aromatic heterocycles. The van der Waals surface area contributed by atoms with Crippen molar-refractivity contribution in [2.24, 2.45) is 0 Å². The van der Waals surface area contributed by atoms with Crippen molar-refractivity contribution in [3.05, 3.63) is 57.5 Å². The van der Waals surface area contributed by atoms with Crippen LogP contribution in [0, 0.1) is 0 Å². The van der Waals surface area contributed by atoms with Crippen LogP contribution in [0.1, 0.15) is 5.56 Å². The highest BCUT2D eigenvalue weighted by molar-refractivity contribution is 6.31. The van der Waals surface area contributed by atoms with E-state index >= 15 is 0 Å². The Bertz CT molecular complexity index is 943. The Balaban J connectivity index is 1.97. The number of amides is 1. The lowest BCUT2D eigenvalue weighted by atomic mass is 10.3. The molecule has 1 amide bonds. The van der Waals surface area contributed by atoms with Crippen LogP contribution >= 0.6 is 11.6 Å². The molecule has 0 saturated carbocycles. The summed E-state index contributed by atoms with van der Waals surface area (Å²) in [7, 11) is 1.38. The normalized spacial score (nSPS) is 11.0. The number of ether oxygens (including phenoxy) is 2. The molecule has 0 aliphatic heterocycles. The molecule has 0 atom stereocenters. The largest absolute Gasteiger partial charge is 0.495 e. The number of nitrogens with zero attached hydrogens (tertiary/aromatic N) is 1. The van der Waals surface area contributed by atoms with Crippen LogP contribution in [0.5, 0.6) is 5.75 Å². The molecule has 0 unspecified atom stereocenters. The van der Waals surface area contributed by atoms with Gasteiger partial charge >= 0.3 is 12.1 Å². The summed E-state index contributed by atoms with van der Waals surface area (Å²) in [6, 6.07) is 5.78. The Morgan fingerprint density at radius 2 is 1.93 bits per heavy atom. The van der Waals surface area contributed by atoms with Gasteiger partial charge in [-0.25, -0.2) is 0 Å². The van der Waals surface area contributed by atoms with E-state index in [9.17, 15) is 27.6 Å². The van der Waals surface area contributed by atoms with Gasteiger partial charge in [-0.15, -0.1) is 0 Å². The zero-order valence-corrected chi connectivity index (χ0v) is 15.1. The van der Waals surface area contributed by atoms with Gasteiger partial charge in [0, 0.05) is 17.3 Å². The summed E-state index contributed by atoms with van der Waals surface area (Å²) in [5.41, 5.74) is -1.67. The number of carbonyl (C=O) groups excluding carboxylic acids is 2. The third-order valence-electron chi connectivity index (χ3n) is 3.41. The van der Waals surface area contributed by atoms with Gasteiger partial charge in [-0.2, -0.15) is 13.2 Å². The molecule has 0 radical (unpaired) electrons. The lowest BCUT2D eigenvalue weighted by Gasteiger charge is -2.12. The minimum atomic E-state index is -4.67. The molecule has 1 heterocycles. The van der Waals surface area contributed by atoms with Crippen molar-refractivity contribution in [3.63, 3.8) is 0 Å². The number of anilines is 1. The summed E-state index contributed by atoms with van der Waals surface area (Å²) in [5, 5.41) is 2.75. The van der Waals surface area contributed by atoms with E-state index in [2.05, 4.69) is 5.32 Å². The van der Waals surface area contributed by atoms with E-state index in [0.29, 0.717) is 33.7 Å². The summed E-state index contributed by atoms with van der Waals surface area (Å²) < 4.78 is 48.3. The van der Waals surface area contributed by atoms with Crippen molar-refractivity contribution in [2.45, 2.75) is 12.7 Å². The van der Waals surface area contributed by atoms with E-state index in [-0.39, 0.29) is 5.69 Å². The van der Waals surface area contributed by atoms with E-state index < -0.39 is 42.3 Å². The van der Waals surface area contributed by atoms with Gasteiger partial charge in [-0.3, -0.25) is 14.4 Å². The van der Waals surface area contributed by atoms with E-state index in [1.807, 2.05) is 0 Å². The molecular formula is C17H14ClF3N2O5. The number of halogens is 4. The molecule has 0 aliphatic rings. The maximum absolute atomic E-state index is 12.7. The third kappa shape index (κ3) is 5.74. The molecule has 7 nitrogen and oxygen atoms in total. The fraction of sp³-hybridized carbons (Fsp3) is 0.235. The van der Waals surface area contributed by atoms with Crippen LogP contribution in [0.4, 0.5) is 18.9 Å². The summed E-state index contributed by atoms with van der Waals surface area (Å²) in [6.45, 7) is -1.50. The molecule has 1 N–H and O–H groups in total. The molecule has 2 rings (SSSR count). The number of rotatable bonds is 6. The van der Waals surface area contributed by atoms with Gasteiger partial charge in [0.15, 0.2) is 6.61 Å². The van der Waals surface area contributed by atoms with Crippen molar-refractivity contribution in [1.82, 2.24) is 4.57 Å². The summed E-state index contributed by atoms with van der Waals surface area (Å²) in [6.07, 6.45) is -4.17. The van der Waals surface area contributed by atoms with Crippen molar-refractivity contribution < 1.29 is 32.2 Å². The van der Waals surface area contributed by atoms with Gasteiger partial charge in [-0.05, 0) is 24.3 Å². The molecule has 0 bridgehead atoms. The van der Waals surface area contributed by atoms with E-state index in [1.54, 1.807) is 6.07 Å². The lowest BCUT2D eigenvalue weighted by Crippen LogP contribution is -2.28. The lowest BCUT2D eigenvalue weighted by molar-refractivity contribution is -0.148. The number of hydrogen-bond donors (Lipinski definition) is 1. The molecule has 1 aromatic carbocycles. The molecule has 11 heteroatoms. The second kappa shape index (κ2) is 8.79. The second-order valence-electron chi connectivity index (χ2n) is 5.44. The number of methoxy groups -OCH3 is 1. The van der Waals surface area contributed by atoms with Crippen molar-refractivity contribution in [3.8, 4) is 5.75 Å². The topological polar surface area (TPSA) is 86.6 Å². The smallest absolute Gasteiger partial charge is 0.417 e. The molecule has 0 aliphatic carbocycles. The predicted molar refractivity (Wildman–Crippen MR) is 93.3 cm³/mol. The molecule has 0 spiro atoms. The standard InChI is InChI=1S/C17H14ClF3N2O5/c1-27-13-4-3-11(18)6-12(13)22-14(24)9-28-16(26)8-23-7-10(17(19,20)21)2-5-15(23)25/h2-7H,8-9H2,1H3,(H,22,24). The van der Waals surface area contributed by atoms with Crippen LogP contribution in [0.15, 0.2) is 41.3 Å². The second-order valence-corrected chi connectivity index (χ2v) is 5.87. The number of benzene rings is 1. The third-order valence-corrected chi connectivity index (χ3v) is 3.65. The van der Waals surface area contributed by atoms with Gasteiger partial charge in [-0.1, -0.05) is 11.6 Å². The average molecular weight is 419 g/mol. The molecule has 0 saturated heterocycles. The Kier molecular flexibility index (Phi) is 6.68. The van der Waals surface area contributed by atoms with E-state index in [0.717, 1.165) is 0 Å². The predicted octanol–water partition coefficient (Wildman–Crippen LogP) is 2.71. The highest BCUT2D eigenvalue weighted by atomic mass is 35.5. The first kappa shape index (κ1) is 21.3. The maximum atomic E-state index is 12.7. The SMILES string of the molecule is COc1ccc(Cl)cc1NC(=O)COC(=O)Cn1cc(C(F)(F)F)ccc1=O. The van der Waals surface area contributed by atoms with Crippen molar-refractivity contribution >= 4 is 29.2 Å². The fourth-order valence-corrected chi connectivity index (χ4v) is 2.29. The minimum Gasteiger partial charge on any atom is -0.495 e. The highest BCUT2D eigenvalue weighted by Gasteiger charge is 2.31. The monoisotopic (exact) mass is 418 g/mol. The number of alkyl halides is 3. The molecule has 150 valence electrons.